The van der Waals surface area contributed by atoms with Crippen molar-refractivity contribution in [2.24, 2.45) is 0 Å². The molecule has 0 amide bonds. The van der Waals surface area contributed by atoms with Crippen molar-refractivity contribution in [1.82, 2.24) is 4.98 Å². The number of aromatic nitrogens is 1. The molecule has 0 saturated heterocycles. The highest BCUT2D eigenvalue weighted by Crippen LogP contribution is 2.46. The monoisotopic (exact) mass is 373 g/mol. The van der Waals surface area contributed by atoms with Gasteiger partial charge in [-0.2, -0.15) is 0 Å². The average molecular weight is 373 g/mol. The van der Waals surface area contributed by atoms with Crippen molar-refractivity contribution in [3.63, 3.8) is 0 Å². The van der Waals surface area contributed by atoms with Crippen molar-refractivity contribution in [3.05, 3.63) is 65.4 Å². The van der Waals surface area contributed by atoms with E-state index in [4.69, 9.17) is 4.74 Å². The van der Waals surface area contributed by atoms with Crippen LogP contribution in [0, 0.1) is 0 Å². The fraction of sp³-hybridized carbons (Fsp3) is 0.360. The molecule has 0 spiro atoms. The highest BCUT2D eigenvalue weighted by atomic mass is 16.5. The van der Waals surface area contributed by atoms with Crippen LogP contribution in [0.15, 0.2) is 48.5 Å². The van der Waals surface area contributed by atoms with Crippen molar-refractivity contribution < 1.29 is 9.53 Å². The normalized spacial score (nSPS) is 17.2. The fourth-order valence-electron chi connectivity index (χ4n) is 4.29. The lowest BCUT2D eigenvalue weighted by Crippen LogP contribution is -2.33. The van der Waals surface area contributed by atoms with E-state index < -0.39 is 5.97 Å². The molecule has 28 heavy (non-hydrogen) atoms. The van der Waals surface area contributed by atoms with E-state index in [1.807, 2.05) is 12.1 Å². The van der Waals surface area contributed by atoms with Crippen molar-refractivity contribution in [1.29, 1.82) is 0 Å². The lowest BCUT2D eigenvalue weighted by molar-refractivity contribution is 0.0594. The van der Waals surface area contributed by atoms with Gasteiger partial charge in [0.05, 0.1) is 12.6 Å². The van der Waals surface area contributed by atoms with Gasteiger partial charge in [0, 0.05) is 5.39 Å². The highest BCUT2D eigenvalue weighted by Gasteiger charge is 2.36. The first-order chi connectivity index (χ1) is 13.2. The van der Waals surface area contributed by atoms with Gasteiger partial charge in [0.15, 0.2) is 0 Å². The minimum absolute atomic E-state index is 0.189. The predicted molar refractivity (Wildman–Crippen MR) is 114 cm³/mol. The molecule has 0 unspecified atom stereocenters. The lowest BCUT2D eigenvalue weighted by atomic mass is 9.63. The number of carbonyl (C=O) groups excluding carboxylic acids is 1. The Kier molecular flexibility index (Phi) is 4.29. The van der Waals surface area contributed by atoms with Crippen LogP contribution in [0.25, 0.3) is 22.0 Å². The molecular weight excluding hydrogens is 346 g/mol. The molecule has 1 aliphatic carbocycles. The van der Waals surface area contributed by atoms with Crippen molar-refractivity contribution in [2.75, 3.05) is 7.11 Å². The second-order valence-electron chi connectivity index (χ2n) is 9.12. The maximum Gasteiger partial charge on any atom is 0.356 e. The SMILES string of the molecule is COC(=O)c1ccc2cc(-c3ccc4c(c3)C(C)(C)CCC4(C)C)ccc2n1. The third kappa shape index (κ3) is 3.09. The molecule has 0 aliphatic heterocycles. The Labute approximate surface area is 166 Å². The van der Waals surface area contributed by atoms with E-state index in [0.717, 1.165) is 10.9 Å². The molecule has 0 radical (unpaired) electrons. The summed E-state index contributed by atoms with van der Waals surface area (Å²) in [4.78, 5) is 16.1. The summed E-state index contributed by atoms with van der Waals surface area (Å²) in [6.07, 6.45) is 2.42. The zero-order chi connectivity index (χ0) is 20.1. The van der Waals surface area contributed by atoms with E-state index in [2.05, 4.69) is 63.0 Å². The molecule has 0 N–H and O–H groups in total. The summed E-state index contributed by atoms with van der Waals surface area (Å²) in [6, 6.07) is 16.8. The molecule has 144 valence electrons. The standard InChI is InChI=1S/C25H27NO2/c1-24(2)12-13-25(3,4)20-15-17(6-9-19(20)24)16-7-10-21-18(14-16)8-11-22(26-21)23(27)28-5/h6-11,14-15H,12-13H2,1-5H3. The van der Waals surface area contributed by atoms with Gasteiger partial charge in [-0.1, -0.05) is 58.0 Å². The Bertz CT molecular complexity index is 1080. The number of carbonyl (C=O) groups is 1. The van der Waals surface area contributed by atoms with E-state index in [0.29, 0.717) is 5.69 Å². The Morgan fingerprint density at radius 3 is 2.21 bits per heavy atom. The molecule has 0 bridgehead atoms. The number of hydrogen-bond acceptors (Lipinski definition) is 3. The van der Waals surface area contributed by atoms with E-state index in [1.54, 1.807) is 6.07 Å². The smallest absolute Gasteiger partial charge is 0.356 e. The van der Waals surface area contributed by atoms with Gasteiger partial charge in [-0.05, 0) is 64.1 Å². The number of ether oxygens (including phenoxy) is 1. The fourth-order valence-corrected chi connectivity index (χ4v) is 4.29. The van der Waals surface area contributed by atoms with Crippen LogP contribution in [-0.2, 0) is 15.6 Å². The molecule has 3 heteroatoms. The van der Waals surface area contributed by atoms with Crippen LogP contribution in [0.1, 0.15) is 62.2 Å². The van der Waals surface area contributed by atoms with Crippen LogP contribution < -0.4 is 0 Å². The van der Waals surface area contributed by atoms with Gasteiger partial charge in [0.25, 0.3) is 0 Å². The number of pyridine rings is 1. The van der Waals surface area contributed by atoms with Crippen molar-refractivity contribution >= 4 is 16.9 Å². The van der Waals surface area contributed by atoms with E-state index in [9.17, 15) is 4.79 Å². The number of methoxy groups -OCH3 is 1. The minimum atomic E-state index is -0.412. The number of nitrogens with zero attached hydrogens (tertiary/aromatic N) is 1. The summed E-state index contributed by atoms with van der Waals surface area (Å²) < 4.78 is 4.77. The number of hydrogen-bond donors (Lipinski definition) is 0. The van der Waals surface area contributed by atoms with E-state index in [-0.39, 0.29) is 10.8 Å². The Balaban J connectivity index is 1.79. The van der Waals surface area contributed by atoms with Crippen LogP contribution in [0.4, 0.5) is 0 Å². The number of fused-ring (bicyclic) bond motifs is 2. The van der Waals surface area contributed by atoms with Crippen LogP contribution in [-0.4, -0.2) is 18.1 Å². The molecule has 0 atom stereocenters. The molecule has 3 nitrogen and oxygen atoms in total. The van der Waals surface area contributed by atoms with E-state index >= 15 is 0 Å². The molecule has 1 heterocycles. The van der Waals surface area contributed by atoms with E-state index in [1.165, 1.54) is 42.2 Å². The minimum Gasteiger partial charge on any atom is -0.464 e. The highest BCUT2D eigenvalue weighted by molar-refractivity contribution is 5.92. The van der Waals surface area contributed by atoms with Crippen molar-refractivity contribution in [2.45, 2.75) is 51.4 Å². The summed E-state index contributed by atoms with van der Waals surface area (Å²) >= 11 is 0. The summed E-state index contributed by atoms with van der Waals surface area (Å²) in [5.41, 5.74) is 6.87. The van der Waals surface area contributed by atoms with Gasteiger partial charge in [-0.3, -0.25) is 0 Å². The molecule has 3 aromatic rings. The zero-order valence-electron chi connectivity index (χ0n) is 17.3. The van der Waals surface area contributed by atoms with Crippen molar-refractivity contribution in [3.8, 4) is 11.1 Å². The Morgan fingerprint density at radius 1 is 0.857 bits per heavy atom. The Morgan fingerprint density at radius 2 is 1.50 bits per heavy atom. The van der Waals surface area contributed by atoms with Crippen LogP contribution in [0.2, 0.25) is 0 Å². The second-order valence-corrected chi connectivity index (χ2v) is 9.12. The topological polar surface area (TPSA) is 39.2 Å². The maximum atomic E-state index is 11.7. The van der Waals surface area contributed by atoms with Gasteiger partial charge in [0.1, 0.15) is 5.69 Å². The summed E-state index contributed by atoms with van der Waals surface area (Å²) in [5.74, 6) is -0.412. The van der Waals surface area contributed by atoms with Crippen LogP contribution >= 0.6 is 0 Å². The van der Waals surface area contributed by atoms with Gasteiger partial charge >= 0.3 is 5.97 Å². The summed E-state index contributed by atoms with van der Waals surface area (Å²) in [7, 11) is 1.37. The average Bonchev–Trinajstić information content (AvgIpc) is 2.70. The third-order valence-corrected chi connectivity index (χ3v) is 6.27. The van der Waals surface area contributed by atoms with Gasteiger partial charge in [-0.25, -0.2) is 9.78 Å². The molecule has 0 fully saturated rings. The van der Waals surface area contributed by atoms with Gasteiger partial charge < -0.3 is 4.74 Å². The lowest BCUT2D eigenvalue weighted by Gasteiger charge is -2.42. The maximum absolute atomic E-state index is 11.7. The zero-order valence-corrected chi connectivity index (χ0v) is 17.3. The quantitative estimate of drug-likeness (QED) is 0.514. The molecule has 1 aromatic heterocycles. The van der Waals surface area contributed by atoms with Crippen LogP contribution in [0.3, 0.4) is 0 Å². The molecule has 2 aromatic carbocycles. The number of benzene rings is 2. The summed E-state index contributed by atoms with van der Waals surface area (Å²) in [6.45, 7) is 9.40. The van der Waals surface area contributed by atoms with Gasteiger partial charge in [-0.15, -0.1) is 0 Å². The molecule has 1 aliphatic rings. The molecule has 4 rings (SSSR count). The molecule has 0 saturated carbocycles. The first-order valence-electron chi connectivity index (χ1n) is 9.86. The first kappa shape index (κ1) is 18.7. The van der Waals surface area contributed by atoms with Gasteiger partial charge in [0.2, 0.25) is 0 Å². The third-order valence-electron chi connectivity index (χ3n) is 6.27. The largest absolute Gasteiger partial charge is 0.464 e. The predicted octanol–water partition coefficient (Wildman–Crippen LogP) is 6.04. The number of rotatable bonds is 2. The number of esters is 1. The summed E-state index contributed by atoms with van der Waals surface area (Å²) in [5, 5.41) is 1.02. The van der Waals surface area contributed by atoms with Crippen LogP contribution in [0.5, 0.6) is 0 Å². The Hall–Kier alpha value is -2.68. The first-order valence-corrected chi connectivity index (χ1v) is 9.86. The second kappa shape index (κ2) is 6.44. The molecular formula is C25H27NO2.